The van der Waals surface area contributed by atoms with Crippen LogP contribution in [0.1, 0.15) is 32.0 Å². The van der Waals surface area contributed by atoms with Crippen LogP contribution in [0.2, 0.25) is 0 Å². The molecular weight excluding hydrogens is 296 g/mol. The smallest absolute Gasteiger partial charge is 0.290 e. The van der Waals surface area contributed by atoms with Gasteiger partial charge in [-0.2, -0.15) is 0 Å². The van der Waals surface area contributed by atoms with Crippen molar-refractivity contribution in [2.75, 3.05) is 5.32 Å². The van der Waals surface area contributed by atoms with E-state index in [2.05, 4.69) is 15.3 Å². The number of nitro groups is 1. The number of rotatable bonds is 5. The van der Waals surface area contributed by atoms with Crippen LogP contribution in [0.3, 0.4) is 0 Å². The number of anilines is 1. The summed E-state index contributed by atoms with van der Waals surface area (Å²) in [5.41, 5.74) is 1.07. The molecule has 0 spiro atoms. The van der Waals surface area contributed by atoms with Crippen molar-refractivity contribution in [3.8, 4) is 5.88 Å². The molecule has 0 saturated heterocycles. The van der Waals surface area contributed by atoms with E-state index in [1.54, 1.807) is 19.2 Å². The highest BCUT2D eigenvalue weighted by molar-refractivity contribution is 5.45. The van der Waals surface area contributed by atoms with E-state index < -0.39 is 4.92 Å². The average molecular weight is 316 g/mol. The molecule has 0 aliphatic carbocycles. The van der Waals surface area contributed by atoms with E-state index in [4.69, 9.17) is 4.74 Å². The summed E-state index contributed by atoms with van der Waals surface area (Å²) in [6.07, 6.45) is 1.69. The molecule has 0 radical (unpaired) electrons. The molecule has 23 heavy (non-hydrogen) atoms. The SMILES string of the molecule is Cc1nc(NCc2ccnc(OC(C)(C)C)c2)ccc1[N+](=O)[O-]. The average Bonchev–Trinajstić information content (AvgIpc) is 2.43. The van der Waals surface area contributed by atoms with E-state index in [-0.39, 0.29) is 11.3 Å². The lowest BCUT2D eigenvalue weighted by atomic mass is 10.2. The lowest BCUT2D eigenvalue weighted by molar-refractivity contribution is -0.385. The Kier molecular flexibility index (Phi) is 4.78. The van der Waals surface area contributed by atoms with Gasteiger partial charge in [0.05, 0.1) is 4.92 Å². The van der Waals surface area contributed by atoms with Gasteiger partial charge in [-0.15, -0.1) is 0 Å². The van der Waals surface area contributed by atoms with E-state index in [1.165, 1.54) is 6.07 Å². The van der Waals surface area contributed by atoms with Gasteiger partial charge < -0.3 is 10.1 Å². The van der Waals surface area contributed by atoms with Crippen molar-refractivity contribution < 1.29 is 9.66 Å². The van der Waals surface area contributed by atoms with Crippen molar-refractivity contribution >= 4 is 11.5 Å². The Hall–Kier alpha value is -2.70. The summed E-state index contributed by atoms with van der Waals surface area (Å²) in [6.45, 7) is 8.02. The lowest BCUT2D eigenvalue weighted by Gasteiger charge is -2.20. The first kappa shape index (κ1) is 16.7. The van der Waals surface area contributed by atoms with E-state index in [1.807, 2.05) is 32.9 Å². The molecular formula is C16H20N4O3. The van der Waals surface area contributed by atoms with E-state index in [0.29, 0.717) is 23.9 Å². The highest BCUT2D eigenvalue weighted by Crippen LogP contribution is 2.19. The van der Waals surface area contributed by atoms with Crippen LogP contribution in [0.15, 0.2) is 30.5 Å². The van der Waals surface area contributed by atoms with Crippen molar-refractivity contribution in [2.45, 2.75) is 39.8 Å². The fraction of sp³-hybridized carbons (Fsp3) is 0.375. The minimum atomic E-state index is -0.439. The Balaban J connectivity index is 2.05. The first-order valence-corrected chi connectivity index (χ1v) is 7.24. The van der Waals surface area contributed by atoms with Crippen LogP contribution in [0, 0.1) is 17.0 Å². The number of hydrogen-bond acceptors (Lipinski definition) is 6. The van der Waals surface area contributed by atoms with Gasteiger partial charge in [0, 0.05) is 24.9 Å². The highest BCUT2D eigenvalue weighted by Gasteiger charge is 2.13. The molecule has 0 fully saturated rings. The molecule has 0 saturated carbocycles. The second-order valence-corrected chi connectivity index (χ2v) is 6.13. The number of hydrogen-bond donors (Lipinski definition) is 1. The standard InChI is InChI=1S/C16H20N4O3/c1-11-13(20(21)22)5-6-14(19-11)18-10-12-7-8-17-15(9-12)23-16(2,3)4/h5-9H,10H2,1-4H3,(H,18,19). The Morgan fingerprint density at radius 3 is 2.65 bits per heavy atom. The summed E-state index contributed by atoms with van der Waals surface area (Å²) in [6, 6.07) is 6.78. The van der Waals surface area contributed by atoms with Crippen molar-refractivity contribution in [1.29, 1.82) is 0 Å². The fourth-order valence-corrected chi connectivity index (χ4v) is 1.97. The van der Waals surface area contributed by atoms with Crippen molar-refractivity contribution in [2.24, 2.45) is 0 Å². The first-order valence-electron chi connectivity index (χ1n) is 7.24. The topological polar surface area (TPSA) is 90.2 Å². The molecule has 0 aliphatic rings. The molecule has 7 nitrogen and oxygen atoms in total. The molecule has 0 unspecified atom stereocenters. The molecule has 7 heteroatoms. The Bertz CT molecular complexity index is 711. The normalized spacial score (nSPS) is 11.1. The minimum absolute atomic E-state index is 0.0142. The third-order valence-corrected chi connectivity index (χ3v) is 2.94. The Labute approximate surface area is 134 Å². The van der Waals surface area contributed by atoms with Gasteiger partial charge in [-0.05, 0) is 45.4 Å². The third-order valence-electron chi connectivity index (χ3n) is 2.94. The molecule has 2 rings (SSSR count). The van der Waals surface area contributed by atoms with Crippen LogP contribution >= 0.6 is 0 Å². The maximum Gasteiger partial charge on any atom is 0.290 e. The molecule has 1 N–H and O–H groups in total. The zero-order chi connectivity index (χ0) is 17.0. The lowest BCUT2D eigenvalue weighted by Crippen LogP contribution is -2.23. The van der Waals surface area contributed by atoms with E-state index in [0.717, 1.165) is 5.56 Å². The second-order valence-electron chi connectivity index (χ2n) is 6.13. The molecule has 0 aliphatic heterocycles. The Morgan fingerprint density at radius 2 is 2.04 bits per heavy atom. The predicted octanol–water partition coefficient (Wildman–Crippen LogP) is 3.48. The monoisotopic (exact) mass is 316 g/mol. The molecule has 0 aromatic carbocycles. The van der Waals surface area contributed by atoms with Gasteiger partial charge in [0.25, 0.3) is 5.69 Å². The molecule has 0 bridgehead atoms. The fourth-order valence-electron chi connectivity index (χ4n) is 1.97. The van der Waals surface area contributed by atoms with Crippen molar-refractivity contribution in [3.05, 3.63) is 51.8 Å². The molecule has 2 aromatic heterocycles. The minimum Gasteiger partial charge on any atom is -0.472 e. The maximum atomic E-state index is 10.8. The summed E-state index contributed by atoms with van der Waals surface area (Å²) in [4.78, 5) is 18.7. The highest BCUT2D eigenvalue weighted by atomic mass is 16.6. The molecule has 0 amide bonds. The predicted molar refractivity (Wildman–Crippen MR) is 87.6 cm³/mol. The van der Waals surface area contributed by atoms with Gasteiger partial charge >= 0.3 is 0 Å². The first-order chi connectivity index (χ1) is 10.7. The van der Waals surface area contributed by atoms with E-state index >= 15 is 0 Å². The number of pyridine rings is 2. The van der Waals surface area contributed by atoms with Crippen LogP contribution in [0.5, 0.6) is 5.88 Å². The summed E-state index contributed by atoms with van der Waals surface area (Å²) < 4.78 is 5.73. The number of nitrogens with one attached hydrogen (secondary N) is 1. The number of aromatic nitrogens is 2. The Morgan fingerprint density at radius 1 is 1.30 bits per heavy atom. The zero-order valence-electron chi connectivity index (χ0n) is 13.7. The van der Waals surface area contributed by atoms with Gasteiger partial charge in [-0.25, -0.2) is 9.97 Å². The van der Waals surface area contributed by atoms with Crippen molar-refractivity contribution in [1.82, 2.24) is 9.97 Å². The van der Waals surface area contributed by atoms with Crippen LogP contribution in [-0.2, 0) is 6.54 Å². The van der Waals surface area contributed by atoms with Gasteiger partial charge in [-0.1, -0.05) is 0 Å². The number of ether oxygens (including phenoxy) is 1. The van der Waals surface area contributed by atoms with Crippen LogP contribution < -0.4 is 10.1 Å². The quantitative estimate of drug-likeness (QED) is 0.671. The van der Waals surface area contributed by atoms with Crippen molar-refractivity contribution in [3.63, 3.8) is 0 Å². The molecule has 0 atom stereocenters. The van der Waals surface area contributed by atoms with Gasteiger partial charge in [0.15, 0.2) is 0 Å². The maximum absolute atomic E-state index is 10.8. The van der Waals surface area contributed by atoms with Crippen LogP contribution in [0.25, 0.3) is 0 Å². The van der Waals surface area contributed by atoms with Crippen LogP contribution in [-0.4, -0.2) is 20.5 Å². The largest absolute Gasteiger partial charge is 0.472 e. The molecule has 2 aromatic rings. The number of aryl methyl sites for hydroxylation is 1. The third kappa shape index (κ3) is 4.91. The van der Waals surface area contributed by atoms with Gasteiger partial charge in [-0.3, -0.25) is 10.1 Å². The second kappa shape index (κ2) is 6.60. The summed E-state index contributed by atoms with van der Waals surface area (Å²) >= 11 is 0. The van der Waals surface area contributed by atoms with Crippen LogP contribution in [0.4, 0.5) is 11.5 Å². The van der Waals surface area contributed by atoms with Gasteiger partial charge in [0.2, 0.25) is 5.88 Å². The molecule has 2 heterocycles. The van der Waals surface area contributed by atoms with E-state index in [9.17, 15) is 10.1 Å². The number of nitrogens with zero attached hydrogens (tertiary/aromatic N) is 3. The summed E-state index contributed by atoms with van der Waals surface area (Å²) in [5, 5.41) is 13.9. The summed E-state index contributed by atoms with van der Waals surface area (Å²) in [7, 11) is 0. The molecule has 122 valence electrons. The zero-order valence-corrected chi connectivity index (χ0v) is 13.7. The summed E-state index contributed by atoms with van der Waals surface area (Å²) in [5.74, 6) is 1.15. The van der Waals surface area contributed by atoms with Gasteiger partial charge in [0.1, 0.15) is 17.1 Å².